The molecule has 0 spiro atoms. The quantitative estimate of drug-likeness (QED) is 0.751. The fraction of sp³-hybridized carbons (Fsp3) is 0.917. The molecule has 0 radical (unpaired) electrons. The molecule has 16 heavy (non-hydrogen) atoms. The molecule has 94 valence electrons. The van der Waals surface area contributed by atoms with Crippen molar-refractivity contribution in [2.24, 2.45) is 5.73 Å². The molecular formula is C12H25N3O. The molecule has 2 atom stereocenters. The van der Waals surface area contributed by atoms with Crippen molar-refractivity contribution in [3.05, 3.63) is 0 Å². The highest BCUT2D eigenvalue weighted by Crippen LogP contribution is 2.15. The van der Waals surface area contributed by atoms with Gasteiger partial charge in [0.25, 0.3) is 0 Å². The molecule has 0 saturated carbocycles. The fourth-order valence-corrected chi connectivity index (χ4v) is 2.15. The van der Waals surface area contributed by atoms with Crippen LogP contribution in [0.25, 0.3) is 0 Å². The van der Waals surface area contributed by atoms with Crippen LogP contribution >= 0.6 is 0 Å². The number of rotatable bonds is 5. The van der Waals surface area contributed by atoms with E-state index in [1.807, 2.05) is 4.90 Å². The Morgan fingerprint density at radius 2 is 2.25 bits per heavy atom. The zero-order valence-corrected chi connectivity index (χ0v) is 10.8. The zero-order chi connectivity index (χ0) is 12.1. The normalized spacial score (nSPS) is 22.8. The van der Waals surface area contributed by atoms with Gasteiger partial charge in [0.15, 0.2) is 0 Å². The Morgan fingerprint density at radius 3 is 2.75 bits per heavy atom. The van der Waals surface area contributed by atoms with Gasteiger partial charge in [-0.25, -0.2) is 0 Å². The smallest absolute Gasteiger partial charge is 0.239 e. The van der Waals surface area contributed by atoms with Crippen molar-refractivity contribution >= 4 is 5.91 Å². The molecule has 4 heteroatoms. The standard InChI is InChI=1S/C12H25N3O/c1-4-5-6-11(13)12(16)15-8-7-10(9-15)14(2)3/h10-11H,4-9,13H2,1-3H3/t10?,11-/m0/s1. The lowest BCUT2D eigenvalue weighted by atomic mass is 10.1. The van der Waals surface area contributed by atoms with Crippen molar-refractivity contribution in [3.63, 3.8) is 0 Å². The second-order valence-electron chi connectivity index (χ2n) is 4.94. The van der Waals surface area contributed by atoms with E-state index in [4.69, 9.17) is 5.73 Å². The van der Waals surface area contributed by atoms with Gasteiger partial charge in [0, 0.05) is 19.1 Å². The van der Waals surface area contributed by atoms with Gasteiger partial charge in [-0.2, -0.15) is 0 Å². The van der Waals surface area contributed by atoms with Gasteiger partial charge in [0.1, 0.15) is 0 Å². The summed E-state index contributed by atoms with van der Waals surface area (Å²) in [5, 5.41) is 0. The van der Waals surface area contributed by atoms with Gasteiger partial charge in [-0.15, -0.1) is 0 Å². The van der Waals surface area contributed by atoms with Crippen molar-refractivity contribution in [1.29, 1.82) is 0 Å². The monoisotopic (exact) mass is 227 g/mol. The highest BCUT2D eigenvalue weighted by atomic mass is 16.2. The molecule has 1 rings (SSSR count). The maximum atomic E-state index is 12.0. The first-order valence-corrected chi connectivity index (χ1v) is 6.27. The van der Waals surface area contributed by atoms with E-state index in [1.54, 1.807) is 0 Å². The minimum absolute atomic E-state index is 0.137. The molecule has 1 saturated heterocycles. The summed E-state index contributed by atoms with van der Waals surface area (Å²) >= 11 is 0. The van der Waals surface area contributed by atoms with Gasteiger partial charge in [0.2, 0.25) is 5.91 Å². The summed E-state index contributed by atoms with van der Waals surface area (Å²) in [6, 6.07) is 0.211. The predicted molar refractivity (Wildman–Crippen MR) is 66.2 cm³/mol. The molecule has 1 fully saturated rings. The first-order valence-electron chi connectivity index (χ1n) is 6.27. The molecule has 0 aromatic rings. The van der Waals surface area contributed by atoms with Crippen LogP contribution in [0.1, 0.15) is 32.6 Å². The molecule has 1 aliphatic heterocycles. The van der Waals surface area contributed by atoms with Crippen molar-refractivity contribution in [3.8, 4) is 0 Å². The number of likely N-dealkylation sites (tertiary alicyclic amines) is 1. The number of unbranched alkanes of at least 4 members (excludes halogenated alkanes) is 1. The molecule has 2 N–H and O–H groups in total. The molecule has 1 aliphatic rings. The summed E-state index contributed by atoms with van der Waals surface area (Å²) in [4.78, 5) is 16.1. The fourth-order valence-electron chi connectivity index (χ4n) is 2.15. The van der Waals surface area contributed by atoms with Gasteiger partial charge >= 0.3 is 0 Å². The van der Waals surface area contributed by atoms with Crippen LogP contribution < -0.4 is 5.73 Å². The third-order valence-corrected chi connectivity index (χ3v) is 3.39. The summed E-state index contributed by atoms with van der Waals surface area (Å²) in [7, 11) is 4.13. The molecule has 0 aliphatic carbocycles. The Hall–Kier alpha value is -0.610. The van der Waals surface area contributed by atoms with Crippen LogP contribution in [0.5, 0.6) is 0 Å². The number of hydrogen-bond donors (Lipinski definition) is 1. The highest BCUT2D eigenvalue weighted by molar-refractivity contribution is 5.81. The number of likely N-dealkylation sites (N-methyl/N-ethyl adjacent to an activating group) is 1. The molecule has 0 aromatic carbocycles. The van der Waals surface area contributed by atoms with Gasteiger partial charge in [-0.3, -0.25) is 4.79 Å². The van der Waals surface area contributed by atoms with Gasteiger partial charge in [-0.1, -0.05) is 19.8 Å². The van der Waals surface area contributed by atoms with E-state index < -0.39 is 0 Å². The first kappa shape index (κ1) is 13.5. The van der Waals surface area contributed by atoms with E-state index in [0.29, 0.717) is 6.04 Å². The average molecular weight is 227 g/mol. The molecule has 1 unspecified atom stereocenters. The lowest BCUT2D eigenvalue weighted by molar-refractivity contribution is -0.131. The number of hydrogen-bond acceptors (Lipinski definition) is 3. The minimum Gasteiger partial charge on any atom is -0.340 e. The van der Waals surface area contributed by atoms with E-state index in [0.717, 1.165) is 38.8 Å². The summed E-state index contributed by atoms with van der Waals surface area (Å²) in [6.07, 6.45) is 4.02. The summed E-state index contributed by atoms with van der Waals surface area (Å²) in [5.41, 5.74) is 5.90. The first-order chi connectivity index (χ1) is 7.56. The molecule has 0 bridgehead atoms. The SMILES string of the molecule is CCCC[C@H](N)C(=O)N1CCC(N(C)C)C1. The van der Waals surface area contributed by atoms with Crippen molar-refractivity contribution < 1.29 is 4.79 Å². The summed E-state index contributed by atoms with van der Waals surface area (Å²) < 4.78 is 0. The number of carbonyl (C=O) groups is 1. The van der Waals surface area contributed by atoms with E-state index >= 15 is 0 Å². The summed E-state index contributed by atoms with van der Waals surface area (Å²) in [6.45, 7) is 3.82. The largest absolute Gasteiger partial charge is 0.340 e. The molecule has 4 nitrogen and oxygen atoms in total. The maximum Gasteiger partial charge on any atom is 0.239 e. The third kappa shape index (κ3) is 3.46. The maximum absolute atomic E-state index is 12.0. The number of nitrogens with zero attached hydrogens (tertiary/aromatic N) is 2. The molecule has 1 amide bonds. The van der Waals surface area contributed by atoms with E-state index in [2.05, 4.69) is 25.9 Å². The lowest BCUT2D eigenvalue weighted by Crippen LogP contribution is -2.43. The topological polar surface area (TPSA) is 49.6 Å². The third-order valence-electron chi connectivity index (χ3n) is 3.39. The van der Waals surface area contributed by atoms with Crippen LogP contribution in [0.3, 0.4) is 0 Å². The van der Waals surface area contributed by atoms with Gasteiger partial charge < -0.3 is 15.5 Å². The van der Waals surface area contributed by atoms with Crippen molar-refractivity contribution in [1.82, 2.24) is 9.80 Å². The number of carbonyl (C=O) groups excluding carboxylic acids is 1. The number of nitrogens with two attached hydrogens (primary N) is 1. The average Bonchev–Trinajstić information content (AvgIpc) is 2.74. The molecule has 1 heterocycles. The lowest BCUT2D eigenvalue weighted by Gasteiger charge is -2.22. The van der Waals surface area contributed by atoms with Gasteiger partial charge in [0.05, 0.1) is 6.04 Å². The van der Waals surface area contributed by atoms with E-state index in [-0.39, 0.29) is 11.9 Å². The molecular weight excluding hydrogens is 202 g/mol. The van der Waals surface area contributed by atoms with Crippen molar-refractivity contribution in [2.75, 3.05) is 27.2 Å². The Bertz CT molecular complexity index is 230. The summed E-state index contributed by atoms with van der Waals surface area (Å²) in [5.74, 6) is 0.137. The second-order valence-corrected chi connectivity index (χ2v) is 4.94. The highest BCUT2D eigenvalue weighted by Gasteiger charge is 2.29. The Morgan fingerprint density at radius 1 is 1.56 bits per heavy atom. The van der Waals surface area contributed by atoms with Crippen LogP contribution in [0.4, 0.5) is 0 Å². The predicted octanol–water partition coefficient (Wildman–Crippen LogP) is 0.666. The van der Waals surface area contributed by atoms with Gasteiger partial charge in [-0.05, 0) is 26.9 Å². The van der Waals surface area contributed by atoms with Crippen LogP contribution in [-0.2, 0) is 4.79 Å². The van der Waals surface area contributed by atoms with E-state index in [1.165, 1.54) is 0 Å². The molecule has 0 aromatic heterocycles. The van der Waals surface area contributed by atoms with Crippen LogP contribution in [0, 0.1) is 0 Å². The Kier molecular flexibility index (Phi) is 5.22. The van der Waals surface area contributed by atoms with Crippen LogP contribution in [0.2, 0.25) is 0 Å². The zero-order valence-electron chi connectivity index (χ0n) is 10.8. The van der Waals surface area contributed by atoms with Crippen LogP contribution in [0.15, 0.2) is 0 Å². The van der Waals surface area contributed by atoms with Crippen LogP contribution in [-0.4, -0.2) is 55.0 Å². The van der Waals surface area contributed by atoms with E-state index in [9.17, 15) is 4.79 Å². The minimum atomic E-state index is -0.291. The Balaban J connectivity index is 2.38. The Labute approximate surface area is 98.8 Å². The second kappa shape index (κ2) is 6.21. The number of amides is 1. The van der Waals surface area contributed by atoms with Crippen molar-refractivity contribution in [2.45, 2.75) is 44.7 Å².